The number of carbonyl (C=O) groups is 1. The summed E-state index contributed by atoms with van der Waals surface area (Å²) >= 11 is 0. The normalized spacial score (nSPS) is 42.6. The molecule has 4 bridgehead atoms. The minimum Gasteiger partial charge on any atom is -0.484 e. The Balaban J connectivity index is 1.88. The van der Waals surface area contributed by atoms with E-state index in [9.17, 15) is 9.90 Å². The van der Waals surface area contributed by atoms with Gasteiger partial charge < -0.3 is 9.84 Å². The molecule has 0 aliphatic heterocycles. The third kappa shape index (κ3) is 2.02. The summed E-state index contributed by atoms with van der Waals surface area (Å²) in [4.78, 5) is 11.4. The fourth-order valence-electron chi connectivity index (χ4n) is 5.41. The van der Waals surface area contributed by atoms with E-state index in [0.29, 0.717) is 11.8 Å². The van der Waals surface area contributed by atoms with Gasteiger partial charge in [0.1, 0.15) is 5.60 Å². The zero-order valence-corrected chi connectivity index (χ0v) is 12.9. The summed E-state index contributed by atoms with van der Waals surface area (Å²) in [6.45, 7) is 9.38. The molecule has 0 heterocycles. The smallest absolute Gasteiger partial charge is 0.193 e. The van der Waals surface area contributed by atoms with Crippen LogP contribution in [-0.2, 0) is 9.53 Å². The molecule has 112 valence electrons. The van der Waals surface area contributed by atoms with E-state index in [1.807, 2.05) is 0 Å². The number of hydrogen-bond acceptors (Lipinski definition) is 3. The molecule has 0 amide bonds. The van der Waals surface area contributed by atoms with Crippen molar-refractivity contribution in [2.75, 3.05) is 0 Å². The van der Waals surface area contributed by atoms with Crippen molar-refractivity contribution in [2.45, 2.75) is 70.5 Å². The minimum absolute atomic E-state index is 0.00970. The number of aliphatic hydroxyl groups is 1. The van der Waals surface area contributed by atoms with Crippen LogP contribution in [0.3, 0.4) is 0 Å². The predicted molar refractivity (Wildman–Crippen MR) is 77.0 cm³/mol. The number of carbonyl (C=O) groups excluding carboxylic acids is 1. The van der Waals surface area contributed by atoms with Crippen molar-refractivity contribution < 1.29 is 14.6 Å². The van der Waals surface area contributed by atoms with Crippen molar-refractivity contribution >= 4 is 5.78 Å². The zero-order valence-electron chi connectivity index (χ0n) is 12.9. The molecule has 4 rings (SSSR count). The van der Waals surface area contributed by atoms with Crippen LogP contribution in [0.1, 0.15) is 59.3 Å². The highest BCUT2D eigenvalue weighted by molar-refractivity contribution is 5.90. The van der Waals surface area contributed by atoms with Gasteiger partial charge in [0.05, 0.1) is 5.60 Å². The lowest BCUT2D eigenvalue weighted by Gasteiger charge is -2.64. The molecule has 4 aliphatic carbocycles. The Kier molecular flexibility index (Phi) is 2.89. The molecule has 4 aliphatic rings. The van der Waals surface area contributed by atoms with E-state index in [1.165, 1.54) is 13.3 Å². The molecular formula is C17H26O3. The van der Waals surface area contributed by atoms with Crippen LogP contribution in [0.15, 0.2) is 12.3 Å². The number of Topliss-reactive ketones (excluding diaryl/α,β-unsaturated/α-hetero) is 1. The van der Waals surface area contributed by atoms with Crippen LogP contribution in [0.5, 0.6) is 0 Å². The molecule has 4 saturated carbocycles. The summed E-state index contributed by atoms with van der Waals surface area (Å²) in [5.41, 5.74) is -0.950. The average molecular weight is 278 g/mol. The summed E-state index contributed by atoms with van der Waals surface area (Å²) in [6.07, 6.45) is 6.21. The molecule has 0 radical (unpaired) electrons. The number of rotatable bonds is 4. The largest absolute Gasteiger partial charge is 0.484 e. The molecule has 2 atom stereocenters. The Morgan fingerprint density at radius 2 is 1.80 bits per heavy atom. The highest BCUT2D eigenvalue weighted by atomic mass is 16.5. The highest BCUT2D eigenvalue weighted by Crippen LogP contribution is 2.65. The van der Waals surface area contributed by atoms with Gasteiger partial charge in [0.15, 0.2) is 11.5 Å². The molecule has 20 heavy (non-hydrogen) atoms. The van der Waals surface area contributed by atoms with E-state index in [2.05, 4.69) is 20.4 Å². The quantitative estimate of drug-likeness (QED) is 0.634. The van der Waals surface area contributed by atoms with Crippen molar-refractivity contribution in [3.63, 3.8) is 0 Å². The SMILES string of the molecule is C=C(OC(C)(C)C12CC3CC(CC(O)(C3)C1)C2)C(C)=O. The van der Waals surface area contributed by atoms with Gasteiger partial charge in [-0.1, -0.05) is 6.58 Å². The van der Waals surface area contributed by atoms with Gasteiger partial charge in [0.25, 0.3) is 0 Å². The van der Waals surface area contributed by atoms with Gasteiger partial charge in [0.2, 0.25) is 0 Å². The van der Waals surface area contributed by atoms with Crippen LogP contribution in [0.2, 0.25) is 0 Å². The molecule has 3 heteroatoms. The van der Waals surface area contributed by atoms with Crippen LogP contribution in [0.4, 0.5) is 0 Å². The van der Waals surface area contributed by atoms with Gasteiger partial charge in [-0.05, 0) is 64.2 Å². The van der Waals surface area contributed by atoms with E-state index < -0.39 is 11.2 Å². The topological polar surface area (TPSA) is 46.5 Å². The van der Waals surface area contributed by atoms with Gasteiger partial charge in [-0.2, -0.15) is 0 Å². The summed E-state index contributed by atoms with van der Waals surface area (Å²) in [7, 11) is 0. The molecule has 2 unspecified atom stereocenters. The molecule has 0 spiro atoms. The van der Waals surface area contributed by atoms with Crippen LogP contribution in [0.25, 0.3) is 0 Å². The first kappa shape index (κ1) is 14.1. The second kappa shape index (κ2) is 4.09. The van der Waals surface area contributed by atoms with Crippen molar-refractivity contribution in [3.8, 4) is 0 Å². The maximum absolute atomic E-state index is 11.4. The Morgan fingerprint density at radius 1 is 1.25 bits per heavy atom. The molecular weight excluding hydrogens is 252 g/mol. The summed E-state index contributed by atoms with van der Waals surface area (Å²) < 4.78 is 5.97. The van der Waals surface area contributed by atoms with Gasteiger partial charge in [-0.3, -0.25) is 4.79 Å². The third-order valence-corrected chi connectivity index (χ3v) is 6.08. The molecule has 0 saturated heterocycles. The molecule has 0 aromatic heterocycles. The van der Waals surface area contributed by atoms with Crippen LogP contribution >= 0.6 is 0 Å². The van der Waals surface area contributed by atoms with Crippen molar-refractivity contribution in [1.29, 1.82) is 0 Å². The number of allylic oxidation sites excluding steroid dienone is 1. The Bertz CT molecular complexity index is 449. The first-order chi connectivity index (χ1) is 9.15. The average Bonchev–Trinajstić information content (AvgIpc) is 2.24. The van der Waals surface area contributed by atoms with E-state index >= 15 is 0 Å². The second-order valence-corrected chi connectivity index (χ2v) is 8.06. The minimum atomic E-state index is -0.498. The Hall–Kier alpha value is -0.830. The van der Waals surface area contributed by atoms with Crippen LogP contribution in [-0.4, -0.2) is 22.1 Å². The van der Waals surface area contributed by atoms with E-state index in [-0.39, 0.29) is 17.0 Å². The molecule has 1 N–H and O–H groups in total. The molecule has 3 nitrogen and oxygen atoms in total. The molecule has 0 aromatic rings. The summed E-state index contributed by atoms with van der Waals surface area (Å²) in [5.74, 6) is 1.38. The standard InChI is InChI=1S/C17H26O3/c1-11(18)12(2)20-15(3,4)16-6-13-5-14(7-16)9-17(19,8-13)10-16/h13-14,19H,2,5-10H2,1,3-4H3. The lowest BCUT2D eigenvalue weighted by atomic mass is 9.44. The molecule has 0 aromatic carbocycles. The van der Waals surface area contributed by atoms with Crippen LogP contribution in [0, 0.1) is 17.3 Å². The first-order valence-electron chi connectivity index (χ1n) is 7.76. The zero-order chi connectivity index (χ0) is 14.8. The molecule has 4 fully saturated rings. The maximum atomic E-state index is 11.4. The fraction of sp³-hybridized carbons (Fsp3) is 0.824. The monoisotopic (exact) mass is 278 g/mol. The second-order valence-electron chi connectivity index (χ2n) is 8.06. The lowest BCUT2D eigenvalue weighted by molar-refractivity contribution is -0.224. The lowest BCUT2D eigenvalue weighted by Crippen LogP contribution is -2.62. The number of ether oxygens (including phenoxy) is 1. The Morgan fingerprint density at radius 3 is 2.25 bits per heavy atom. The fourth-order valence-corrected chi connectivity index (χ4v) is 5.41. The van der Waals surface area contributed by atoms with Gasteiger partial charge in [-0.15, -0.1) is 0 Å². The van der Waals surface area contributed by atoms with Crippen molar-refractivity contribution in [1.82, 2.24) is 0 Å². The van der Waals surface area contributed by atoms with E-state index in [0.717, 1.165) is 32.1 Å². The van der Waals surface area contributed by atoms with Gasteiger partial charge in [-0.25, -0.2) is 0 Å². The van der Waals surface area contributed by atoms with Crippen molar-refractivity contribution in [2.24, 2.45) is 17.3 Å². The third-order valence-electron chi connectivity index (χ3n) is 6.08. The van der Waals surface area contributed by atoms with E-state index in [4.69, 9.17) is 4.74 Å². The van der Waals surface area contributed by atoms with Gasteiger partial charge >= 0.3 is 0 Å². The highest BCUT2D eigenvalue weighted by Gasteiger charge is 2.63. The Labute approximate surface area is 121 Å². The summed E-state index contributed by atoms with van der Waals surface area (Å²) in [5, 5.41) is 10.8. The van der Waals surface area contributed by atoms with Crippen LogP contribution < -0.4 is 0 Å². The maximum Gasteiger partial charge on any atom is 0.193 e. The summed E-state index contributed by atoms with van der Waals surface area (Å²) in [6, 6.07) is 0. The van der Waals surface area contributed by atoms with Gasteiger partial charge in [0, 0.05) is 12.3 Å². The van der Waals surface area contributed by atoms with Crippen molar-refractivity contribution in [3.05, 3.63) is 12.3 Å². The predicted octanol–water partition coefficient (Wildman–Crippen LogP) is 3.22. The van der Waals surface area contributed by atoms with E-state index in [1.54, 1.807) is 0 Å². The number of hydrogen-bond donors (Lipinski definition) is 1. The number of ketones is 1. The first-order valence-corrected chi connectivity index (χ1v) is 7.76.